The van der Waals surface area contributed by atoms with Gasteiger partial charge >= 0.3 is 0 Å². The molecule has 0 aromatic heterocycles. The topological polar surface area (TPSA) is 49.4 Å². The van der Waals surface area contributed by atoms with Crippen molar-refractivity contribution in [1.82, 2.24) is 10.2 Å². The summed E-state index contributed by atoms with van der Waals surface area (Å²) >= 11 is 3.13. The van der Waals surface area contributed by atoms with E-state index in [4.69, 9.17) is 0 Å². The highest BCUT2D eigenvalue weighted by molar-refractivity contribution is 9.10. The zero-order valence-corrected chi connectivity index (χ0v) is 12.7. The van der Waals surface area contributed by atoms with Gasteiger partial charge in [0.1, 0.15) is 5.82 Å². The van der Waals surface area contributed by atoms with Crippen LogP contribution in [0.15, 0.2) is 22.7 Å². The molecule has 1 saturated heterocycles. The zero-order chi connectivity index (χ0) is 14.7. The van der Waals surface area contributed by atoms with Crippen LogP contribution in [0.4, 0.5) is 4.39 Å². The number of likely N-dealkylation sites (tertiary alicyclic amines) is 1. The molecule has 4 nitrogen and oxygen atoms in total. The lowest BCUT2D eigenvalue weighted by atomic mass is 10.1. The Balaban J connectivity index is 1.79. The molecule has 1 aliphatic rings. The van der Waals surface area contributed by atoms with Crippen molar-refractivity contribution in [2.75, 3.05) is 20.1 Å². The monoisotopic (exact) mass is 342 g/mol. The average Bonchev–Trinajstić information content (AvgIpc) is 2.74. The van der Waals surface area contributed by atoms with E-state index in [9.17, 15) is 14.0 Å². The van der Waals surface area contributed by atoms with Gasteiger partial charge in [0, 0.05) is 26.6 Å². The van der Waals surface area contributed by atoms with Crippen LogP contribution < -0.4 is 5.32 Å². The zero-order valence-electron chi connectivity index (χ0n) is 11.2. The molecule has 1 atom stereocenters. The van der Waals surface area contributed by atoms with Gasteiger partial charge in [0.25, 0.3) is 0 Å². The number of rotatable bonds is 4. The highest BCUT2D eigenvalue weighted by Gasteiger charge is 2.31. The maximum absolute atomic E-state index is 13.1. The Hall–Kier alpha value is -1.43. The van der Waals surface area contributed by atoms with Gasteiger partial charge in [-0.3, -0.25) is 9.59 Å². The molecular formula is C14H16BrFN2O2. The Kier molecular flexibility index (Phi) is 4.75. The van der Waals surface area contributed by atoms with Crippen molar-refractivity contribution in [3.63, 3.8) is 0 Å². The SMILES string of the molecule is CN1C[C@H](C(=O)NCCc2ccc(F)c(Br)c2)CC1=O. The minimum Gasteiger partial charge on any atom is -0.355 e. The molecule has 0 spiro atoms. The molecule has 6 heteroatoms. The van der Waals surface area contributed by atoms with E-state index in [2.05, 4.69) is 21.2 Å². The molecule has 1 aliphatic heterocycles. The lowest BCUT2D eigenvalue weighted by Crippen LogP contribution is -2.33. The molecule has 1 N–H and O–H groups in total. The van der Waals surface area contributed by atoms with Crippen LogP contribution in [0.25, 0.3) is 0 Å². The third-order valence-corrected chi connectivity index (χ3v) is 4.02. The summed E-state index contributed by atoms with van der Waals surface area (Å²) in [7, 11) is 1.70. The van der Waals surface area contributed by atoms with Crippen LogP contribution in [0.3, 0.4) is 0 Å². The fraction of sp³-hybridized carbons (Fsp3) is 0.429. The number of nitrogens with one attached hydrogen (secondary N) is 1. The number of hydrogen-bond donors (Lipinski definition) is 1. The van der Waals surface area contributed by atoms with Gasteiger partial charge in [0.2, 0.25) is 11.8 Å². The number of carbonyl (C=O) groups excluding carboxylic acids is 2. The van der Waals surface area contributed by atoms with Crippen molar-refractivity contribution < 1.29 is 14.0 Å². The summed E-state index contributed by atoms with van der Waals surface area (Å²) in [6.07, 6.45) is 0.908. The number of amides is 2. The van der Waals surface area contributed by atoms with Crippen LogP contribution in [0.1, 0.15) is 12.0 Å². The Morgan fingerprint density at radius 2 is 2.30 bits per heavy atom. The molecule has 0 bridgehead atoms. The summed E-state index contributed by atoms with van der Waals surface area (Å²) in [6.45, 7) is 0.956. The number of hydrogen-bond acceptors (Lipinski definition) is 2. The summed E-state index contributed by atoms with van der Waals surface area (Å²) < 4.78 is 13.5. The van der Waals surface area contributed by atoms with Crippen molar-refractivity contribution in [1.29, 1.82) is 0 Å². The van der Waals surface area contributed by atoms with Gasteiger partial charge < -0.3 is 10.2 Å². The van der Waals surface area contributed by atoms with Gasteiger partial charge in [-0.25, -0.2) is 4.39 Å². The standard InChI is InChI=1S/C14H16BrFN2O2/c1-18-8-10(7-13(18)19)14(20)17-5-4-9-2-3-12(16)11(15)6-9/h2-3,6,10H,4-5,7-8H2,1H3,(H,17,20)/t10-/m1/s1. The van der Waals surface area contributed by atoms with Gasteiger partial charge in [-0.05, 0) is 40.0 Å². The van der Waals surface area contributed by atoms with Crippen LogP contribution in [-0.2, 0) is 16.0 Å². The van der Waals surface area contributed by atoms with Gasteiger partial charge in [0.05, 0.1) is 10.4 Å². The van der Waals surface area contributed by atoms with Gasteiger partial charge in [-0.2, -0.15) is 0 Å². The molecule has 2 amide bonds. The lowest BCUT2D eigenvalue weighted by molar-refractivity contribution is -0.128. The molecule has 0 radical (unpaired) electrons. The fourth-order valence-electron chi connectivity index (χ4n) is 2.21. The quantitative estimate of drug-likeness (QED) is 0.905. The van der Waals surface area contributed by atoms with Crippen LogP contribution in [0, 0.1) is 11.7 Å². The van der Waals surface area contributed by atoms with E-state index < -0.39 is 0 Å². The highest BCUT2D eigenvalue weighted by Crippen LogP contribution is 2.17. The van der Waals surface area contributed by atoms with E-state index in [0.29, 0.717) is 24.0 Å². The third-order valence-electron chi connectivity index (χ3n) is 3.41. The minimum absolute atomic E-state index is 0.00705. The molecule has 1 fully saturated rings. The Labute approximate surface area is 125 Å². The van der Waals surface area contributed by atoms with E-state index in [-0.39, 0.29) is 30.0 Å². The second-order valence-electron chi connectivity index (χ2n) is 4.96. The van der Waals surface area contributed by atoms with Crippen LogP contribution in [-0.4, -0.2) is 36.9 Å². The van der Waals surface area contributed by atoms with Crippen molar-refractivity contribution in [3.8, 4) is 0 Å². The lowest BCUT2D eigenvalue weighted by Gasteiger charge is -2.11. The normalized spacial score (nSPS) is 18.4. The largest absolute Gasteiger partial charge is 0.355 e. The molecule has 1 aromatic rings. The molecule has 0 aliphatic carbocycles. The molecule has 0 unspecified atom stereocenters. The molecular weight excluding hydrogens is 327 g/mol. The third kappa shape index (κ3) is 3.56. The summed E-state index contributed by atoms with van der Waals surface area (Å²) in [5.74, 6) is -0.644. The van der Waals surface area contributed by atoms with Crippen molar-refractivity contribution >= 4 is 27.7 Å². The fourth-order valence-corrected chi connectivity index (χ4v) is 2.63. The first kappa shape index (κ1) is 15.0. The smallest absolute Gasteiger partial charge is 0.225 e. The van der Waals surface area contributed by atoms with Crippen molar-refractivity contribution in [2.45, 2.75) is 12.8 Å². The summed E-state index contributed by atoms with van der Waals surface area (Å²) in [6, 6.07) is 4.79. The predicted molar refractivity (Wildman–Crippen MR) is 76.6 cm³/mol. The summed E-state index contributed by atoms with van der Waals surface area (Å²) in [4.78, 5) is 24.8. The average molecular weight is 343 g/mol. The van der Waals surface area contributed by atoms with E-state index >= 15 is 0 Å². The predicted octanol–water partition coefficient (Wildman–Crippen LogP) is 1.73. The van der Waals surface area contributed by atoms with Crippen LogP contribution >= 0.6 is 15.9 Å². The number of halogens is 2. The molecule has 20 heavy (non-hydrogen) atoms. The van der Waals surface area contributed by atoms with Gasteiger partial charge in [0.15, 0.2) is 0 Å². The van der Waals surface area contributed by atoms with E-state index in [1.54, 1.807) is 24.1 Å². The minimum atomic E-state index is -0.301. The summed E-state index contributed by atoms with van der Waals surface area (Å²) in [5.41, 5.74) is 0.943. The van der Waals surface area contributed by atoms with E-state index in [1.807, 2.05) is 0 Å². The Bertz CT molecular complexity index is 536. The van der Waals surface area contributed by atoms with Crippen molar-refractivity contribution in [3.05, 3.63) is 34.1 Å². The van der Waals surface area contributed by atoms with Crippen LogP contribution in [0.2, 0.25) is 0 Å². The maximum Gasteiger partial charge on any atom is 0.225 e. The molecule has 2 rings (SSSR count). The van der Waals surface area contributed by atoms with E-state index in [1.165, 1.54) is 6.07 Å². The molecule has 108 valence electrons. The Morgan fingerprint density at radius 1 is 1.55 bits per heavy atom. The maximum atomic E-state index is 13.1. The summed E-state index contributed by atoms with van der Waals surface area (Å²) in [5, 5.41) is 2.82. The molecule has 1 heterocycles. The highest BCUT2D eigenvalue weighted by atomic mass is 79.9. The second kappa shape index (κ2) is 6.35. The van der Waals surface area contributed by atoms with Gasteiger partial charge in [-0.15, -0.1) is 0 Å². The second-order valence-corrected chi connectivity index (χ2v) is 5.82. The first-order valence-electron chi connectivity index (χ1n) is 6.43. The van der Waals surface area contributed by atoms with E-state index in [0.717, 1.165) is 5.56 Å². The molecule has 0 saturated carbocycles. The van der Waals surface area contributed by atoms with Gasteiger partial charge in [-0.1, -0.05) is 6.07 Å². The van der Waals surface area contributed by atoms with Crippen LogP contribution in [0.5, 0.6) is 0 Å². The number of nitrogens with zero attached hydrogens (tertiary/aromatic N) is 1. The number of benzene rings is 1. The molecule has 1 aromatic carbocycles. The van der Waals surface area contributed by atoms with Crippen molar-refractivity contribution in [2.24, 2.45) is 5.92 Å². The first-order valence-corrected chi connectivity index (χ1v) is 7.22. The first-order chi connectivity index (χ1) is 9.47. The Morgan fingerprint density at radius 3 is 2.90 bits per heavy atom. The number of carbonyl (C=O) groups is 2.